The number of halogens is 2. The van der Waals surface area contributed by atoms with Crippen molar-refractivity contribution in [1.29, 1.82) is 0 Å². The Morgan fingerprint density at radius 1 is 1.00 bits per heavy atom. The van der Waals surface area contributed by atoms with Gasteiger partial charge in [0, 0.05) is 42.5 Å². The number of piperidine rings is 1. The molecule has 0 unspecified atom stereocenters. The number of amides is 1. The predicted octanol–water partition coefficient (Wildman–Crippen LogP) is 6.34. The van der Waals surface area contributed by atoms with Gasteiger partial charge in [0.1, 0.15) is 6.10 Å². The van der Waals surface area contributed by atoms with Gasteiger partial charge in [-0.2, -0.15) is 0 Å². The number of rotatable bonds is 8. The second-order valence-electron chi connectivity index (χ2n) is 12.8. The Balaban J connectivity index is 1.16. The molecule has 1 amide bonds. The van der Waals surface area contributed by atoms with Crippen molar-refractivity contribution >= 4 is 40.8 Å². The lowest BCUT2D eigenvalue weighted by Crippen LogP contribution is -2.63. The Hall–Kier alpha value is -1.46. The van der Waals surface area contributed by atoms with Crippen LogP contribution < -0.4 is 10.2 Å². The third-order valence-electron chi connectivity index (χ3n) is 10.8. The summed E-state index contributed by atoms with van der Waals surface area (Å²) >= 11 is 11.9. The zero-order chi connectivity index (χ0) is 26.9. The van der Waals surface area contributed by atoms with E-state index < -0.39 is 0 Å². The van der Waals surface area contributed by atoms with E-state index in [4.69, 9.17) is 27.9 Å². The first-order chi connectivity index (χ1) is 18.3. The monoisotopic (exact) mass is 562 g/mol. The van der Waals surface area contributed by atoms with Crippen LogP contribution >= 0.6 is 23.2 Å². The fraction of sp³-hybridized carbons (Fsp3) is 0.742. The van der Waals surface area contributed by atoms with E-state index in [0.29, 0.717) is 47.8 Å². The van der Waals surface area contributed by atoms with Gasteiger partial charge in [0.05, 0.1) is 6.42 Å². The molecule has 3 saturated carbocycles. The highest BCUT2D eigenvalue weighted by Gasteiger charge is 2.58. The molecule has 4 aliphatic rings. The fourth-order valence-corrected chi connectivity index (χ4v) is 9.20. The van der Waals surface area contributed by atoms with Gasteiger partial charge >= 0.3 is 5.97 Å². The lowest BCUT2D eigenvalue weighted by molar-refractivity contribution is -0.162. The number of hydrogen-bond donors (Lipinski definition) is 1. The van der Waals surface area contributed by atoms with Crippen LogP contribution in [0.5, 0.6) is 0 Å². The Morgan fingerprint density at radius 3 is 2.45 bits per heavy atom. The molecule has 1 aromatic rings. The molecule has 7 atom stereocenters. The van der Waals surface area contributed by atoms with Gasteiger partial charge in [0.2, 0.25) is 5.91 Å². The Labute approximate surface area is 238 Å². The number of benzene rings is 1. The average Bonchev–Trinajstić information content (AvgIpc) is 2.88. The van der Waals surface area contributed by atoms with Crippen LogP contribution in [0, 0.1) is 29.1 Å². The minimum atomic E-state index is -0.121. The lowest BCUT2D eigenvalue weighted by atomic mass is 9.45. The average molecular weight is 564 g/mol. The summed E-state index contributed by atoms with van der Waals surface area (Å²) in [6, 6.07) is 8.10. The van der Waals surface area contributed by atoms with E-state index in [9.17, 15) is 9.59 Å². The summed E-state index contributed by atoms with van der Waals surface area (Å²) in [7, 11) is 0. The number of fused-ring (bicyclic) bond motifs is 5. The maximum atomic E-state index is 12.9. The van der Waals surface area contributed by atoms with E-state index in [2.05, 4.69) is 24.1 Å². The molecule has 1 aliphatic heterocycles. The molecule has 5 rings (SSSR count). The van der Waals surface area contributed by atoms with E-state index in [1.807, 2.05) is 24.3 Å². The van der Waals surface area contributed by atoms with Crippen LogP contribution in [0.1, 0.15) is 77.2 Å². The molecular weight excluding hydrogens is 519 g/mol. The van der Waals surface area contributed by atoms with Gasteiger partial charge < -0.3 is 15.0 Å². The van der Waals surface area contributed by atoms with Crippen LogP contribution in [-0.4, -0.2) is 48.4 Å². The second kappa shape index (κ2) is 11.6. The molecule has 3 aliphatic carbocycles. The van der Waals surface area contributed by atoms with Crippen molar-refractivity contribution in [2.45, 2.75) is 89.7 Å². The molecule has 38 heavy (non-hydrogen) atoms. The number of carbonyl (C=O) groups is 2. The number of nitrogens with zero attached hydrogens (tertiary/aromatic N) is 1. The zero-order valence-electron chi connectivity index (χ0n) is 23.0. The van der Waals surface area contributed by atoms with Crippen molar-refractivity contribution in [3.63, 3.8) is 0 Å². The number of carbonyl (C=O) groups excluding carboxylic acids is 2. The highest BCUT2D eigenvalue weighted by Crippen LogP contribution is 2.62. The maximum absolute atomic E-state index is 12.9. The van der Waals surface area contributed by atoms with Crippen molar-refractivity contribution in [3.05, 3.63) is 29.8 Å². The summed E-state index contributed by atoms with van der Waals surface area (Å²) in [6.07, 6.45) is 9.93. The molecule has 5 nitrogen and oxygen atoms in total. The number of hydrogen-bond acceptors (Lipinski definition) is 4. The summed E-state index contributed by atoms with van der Waals surface area (Å²) < 4.78 is 6.06. The lowest BCUT2D eigenvalue weighted by Gasteiger charge is -2.62. The number of ether oxygens (including phenoxy) is 1. The molecule has 1 aromatic carbocycles. The van der Waals surface area contributed by atoms with E-state index in [1.54, 1.807) is 0 Å². The molecule has 0 bridgehead atoms. The van der Waals surface area contributed by atoms with Crippen molar-refractivity contribution in [2.24, 2.45) is 29.1 Å². The normalized spacial score (nSPS) is 36.3. The first kappa shape index (κ1) is 28.1. The quantitative estimate of drug-likeness (QED) is 0.297. The van der Waals surface area contributed by atoms with Crippen molar-refractivity contribution in [1.82, 2.24) is 5.32 Å². The summed E-state index contributed by atoms with van der Waals surface area (Å²) in [6.45, 7) is 6.31. The molecular formula is C31H44Cl2N2O3. The third-order valence-corrected chi connectivity index (χ3v) is 11.1. The molecule has 4 fully saturated rings. The zero-order valence-corrected chi connectivity index (χ0v) is 24.5. The minimum absolute atomic E-state index is 0.0167. The highest BCUT2D eigenvalue weighted by atomic mass is 35.5. The van der Waals surface area contributed by atoms with Crippen LogP contribution in [0.2, 0.25) is 0 Å². The van der Waals surface area contributed by atoms with Crippen LogP contribution in [0.25, 0.3) is 0 Å². The van der Waals surface area contributed by atoms with Gasteiger partial charge in [0.25, 0.3) is 0 Å². The standard InChI is InChI=1S/C31H44Cl2N2O3/c1-30-13-11-24(38-29(37)19-21-3-6-23(7-4-21)35(17-15-32)18-16-33)20-22(30)5-8-25-26(30)12-14-31(2)27(25)9-10-28(36)34-31/h3-4,6-7,22,24-27H,5,8-20H2,1-2H3,(H,34,36)/t22-,24+,25+,26-,27+,30-,31+/m0/s1. The first-order valence-electron chi connectivity index (χ1n) is 14.7. The summed E-state index contributed by atoms with van der Waals surface area (Å²) in [4.78, 5) is 27.2. The molecule has 0 radical (unpaired) electrons. The SMILES string of the molecule is C[C@]12CC[C@@H](OC(=O)Cc3ccc(N(CCCl)CCCl)cc3)C[C@@H]1CC[C@H]1[C@H]3CCC(=O)N[C@]3(C)CC[C@@H]12. The molecule has 1 saturated heterocycles. The molecule has 0 aromatic heterocycles. The Bertz CT molecular complexity index is 997. The highest BCUT2D eigenvalue weighted by molar-refractivity contribution is 6.18. The largest absolute Gasteiger partial charge is 0.462 e. The van der Waals surface area contributed by atoms with Crippen LogP contribution in [0.4, 0.5) is 5.69 Å². The topological polar surface area (TPSA) is 58.6 Å². The Kier molecular flexibility index (Phi) is 8.55. The molecule has 210 valence electrons. The minimum Gasteiger partial charge on any atom is -0.462 e. The summed E-state index contributed by atoms with van der Waals surface area (Å²) in [5, 5.41) is 3.37. The van der Waals surface area contributed by atoms with Crippen LogP contribution in [-0.2, 0) is 20.7 Å². The summed E-state index contributed by atoms with van der Waals surface area (Å²) in [5.41, 5.74) is 2.35. The van der Waals surface area contributed by atoms with Gasteiger partial charge in [-0.3, -0.25) is 9.59 Å². The molecule has 7 heteroatoms. The third kappa shape index (κ3) is 5.57. The van der Waals surface area contributed by atoms with E-state index >= 15 is 0 Å². The number of esters is 1. The fourth-order valence-electron chi connectivity index (χ4n) is 8.79. The molecule has 1 heterocycles. The van der Waals surface area contributed by atoms with Gasteiger partial charge in [-0.25, -0.2) is 0 Å². The summed E-state index contributed by atoms with van der Waals surface area (Å²) in [5.74, 6) is 3.87. The van der Waals surface area contributed by atoms with Gasteiger partial charge in [-0.05, 0) is 105 Å². The second-order valence-corrected chi connectivity index (χ2v) is 13.6. The predicted molar refractivity (Wildman–Crippen MR) is 154 cm³/mol. The van der Waals surface area contributed by atoms with Gasteiger partial charge in [-0.15, -0.1) is 23.2 Å². The van der Waals surface area contributed by atoms with Crippen LogP contribution in [0.3, 0.4) is 0 Å². The van der Waals surface area contributed by atoms with Gasteiger partial charge in [0.15, 0.2) is 0 Å². The maximum Gasteiger partial charge on any atom is 0.310 e. The van der Waals surface area contributed by atoms with Gasteiger partial charge in [-0.1, -0.05) is 19.1 Å². The number of anilines is 1. The molecule has 1 N–H and O–H groups in total. The van der Waals surface area contributed by atoms with E-state index in [-0.39, 0.29) is 23.5 Å². The van der Waals surface area contributed by atoms with E-state index in [0.717, 1.165) is 62.4 Å². The smallest absolute Gasteiger partial charge is 0.310 e. The van der Waals surface area contributed by atoms with Crippen LogP contribution in [0.15, 0.2) is 24.3 Å². The van der Waals surface area contributed by atoms with Crippen molar-refractivity contribution in [3.8, 4) is 0 Å². The number of nitrogens with one attached hydrogen (secondary N) is 1. The Morgan fingerprint density at radius 2 is 1.74 bits per heavy atom. The van der Waals surface area contributed by atoms with Crippen molar-refractivity contribution < 1.29 is 14.3 Å². The molecule has 0 spiro atoms. The first-order valence-corrected chi connectivity index (χ1v) is 15.8. The van der Waals surface area contributed by atoms with E-state index in [1.165, 1.54) is 19.3 Å². The van der Waals surface area contributed by atoms with Crippen molar-refractivity contribution in [2.75, 3.05) is 29.7 Å². The number of alkyl halides is 2.